The third-order valence-corrected chi connectivity index (χ3v) is 3.14. The Balaban J connectivity index is 2.97. The normalized spacial score (nSPS) is 12.2. The van der Waals surface area contributed by atoms with Crippen molar-refractivity contribution in [2.75, 3.05) is 26.0 Å². The van der Waals surface area contributed by atoms with E-state index < -0.39 is 5.82 Å². The summed E-state index contributed by atoms with van der Waals surface area (Å²) in [7, 11) is 1.57. The van der Waals surface area contributed by atoms with Gasteiger partial charge in [-0.3, -0.25) is 4.79 Å². The first kappa shape index (κ1) is 15.4. The van der Waals surface area contributed by atoms with Crippen LogP contribution < -0.4 is 5.73 Å². The maximum Gasteiger partial charge on any atom is 0.257 e. The van der Waals surface area contributed by atoms with Gasteiger partial charge >= 0.3 is 0 Å². The number of nitrogen functional groups attached to an aromatic ring is 1. The van der Waals surface area contributed by atoms with Crippen molar-refractivity contribution in [2.45, 2.75) is 26.3 Å². The summed E-state index contributed by atoms with van der Waals surface area (Å²) < 4.78 is 18.8. The van der Waals surface area contributed by atoms with Gasteiger partial charge in [-0.05, 0) is 31.5 Å². The van der Waals surface area contributed by atoms with Gasteiger partial charge in [0.1, 0.15) is 5.82 Å². The molecule has 2 N–H and O–H groups in total. The van der Waals surface area contributed by atoms with Gasteiger partial charge in [0.2, 0.25) is 0 Å². The van der Waals surface area contributed by atoms with Gasteiger partial charge in [0.05, 0.1) is 12.2 Å². The summed E-state index contributed by atoms with van der Waals surface area (Å²) in [5, 5.41) is 0. The minimum absolute atomic E-state index is 0.0274. The molecule has 1 atom stereocenters. The number of halogens is 1. The molecule has 0 radical (unpaired) electrons. The molecule has 4 nitrogen and oxygen atoms in total. The second kappa shape index (κ2) is 7.09. The lowest BCUT2D eigenvalue weighted by Gasteiger charge is -2.28. The van der Waals surface area contributed by atoms with E-state index in [1.165, 1.54) is 18.2 Å². The number of hydrogen-bond donors (Lipinski definition) is 1. The molecule has 5 heteroatoms. The zero-order valence-electron chi connectivity index (χ0n) is 11.6. The molecule has 0 spiro atoms. The van der Waals surface area contributed by atoms with E-state index in [4.69, 9.17) is 10.5 Å². The Morgan fingerprint density at radius 1 is 1.53 bits per heavy atom. The second-order valence-electron chi connectivity index (χ2n) is 4.49. The van der Waals surface area contributed by atoms with Crippen molar-refractivity contribution in [2.24, 2.45) is 0 Å². The van der Waals surface area contributed by atoms with Gasteiger partial charge in [0.25, 0.3) is 5.91 Å². The number of methoxy groups -OCH3 is 1. The summed E-state index contributed by atoms with van der Waals surface area (Å²) in [4.78, 5) is 14.0. The third kappa shape index (κ3) is 3.92. The number of benzene rings is 1. The number of carbonyl (C=O) groups excluding carboxylic acids is 1. The van der Waals surface area contributed by atoms with E-state index in [2.05, 4.69) is 0 Å². The van der Waals surface area contributed by atoms with Crippen LogP contribution in [0.25, 0.3) is 0 Å². The van der Waals surface area contributed by atoms with E-state index in [0.29, 0.717) is 18.8 Å². The Kier molecular flexibility index (Phi) is 5.76. The largest absolute Gasteiger partial charge is 0.399 e. The molecule has 1 aromatic carbocycles. The minimum Gasteiger partial charge on any atom is -0.399 e. The molecular formula is C14H21FN2O2. The first-order valence-electron chi connectivity index (χ1n) is 6.36. The van der Waals surface area contributed by atoms with E-state index in [-0.39, 0.29) is 17.5 Å². The fraction of sp³-hybridized carbons (Fsp3) is 0.500. The van der Waals surface area contributed by atoms with Crippen LogP contribution in [0.2, 0.25) is 0 Å². The first-order chi connectivity index (χ1) is 9.01. The standard InChI is InChI=1S/C14H21FN2O2/c1-4-10(2)17(7-8-19-3)14(18)12-6-5-11(16)9-13(12)15/h5-6,9-10H,4,7-8,16H2,1-3H3. The molecule has 0 aromatic heterocycles. The van der Waals surface area contributed by atoms with Crippen molar-refractivity contribution < 1.29 is 13.9 Å². The van der Waals surface area contributed by atoms with Crippen LogP contribution in [0.15, 0.2) is 18.2 Å². The number of rotatable bonds is 6. The molecule has 0 saturated carbocycles. The maximum absolute atomic E-state index is 13.8. The van der Waals surface area contributed by atoms with E-state index in [1.54, 1.807) is 12.0 Å². The molecule has 19 heavy (non-hydrogen) atoms. The molecule has 0 aliphatic heterocycles. The molecule has 0 bridgehead atoms. The van der Waals surface area contributed by atoms with Crippen molar-refractivity contribution >= 4 is 11.6 Å². The lowest BCUT2D eigenvalue weighted by molar-refractivity contribution is 0.0609. The van der Waals surface area contributed by atoms with Crippen molar-refractivity contribution in [3.05, 3.63) is 29.6 Å². The number of amides is 1. The van der Waals surface area contributed by atoms with Gasteiger partial charge in [-0.25, -0.2) is 4.39 Å². The summed E-state index contributed by atoms with van der Waals surface area (Å²) in [5.41, 5.74) is 5.84. The highest BCUT2D eigenvalue weighted by atomic mass is 19.1. The number of nitrogens with zero attached hydrogens (tertiary/aromatic N) is 1. The topological polar surface area (TPSA) is 55.6 Å². The molecule has 1 aromatic rings. The number of carbonyl (C=O) groups is 1. The van der Waals surface area contributed by atoms with Crippen LogP contribution in [0.1, 0.15) is 30.6 Å². The lowest BCUT2D eigenvalue weighted by Crippen LogP contribution is -2.40. The van der Waals surface area contributed by atoms with Gasteiger partial charge in [0, 0.05) is 25.4 Å². The Labute approximate surface area is 113 Å². The van der Waals surface area contributed by atoms with Crippen molar-refractivity contribution in [1.82, 2.24) is 4.90 Å². The van der Waals surface area contributed by atoms with Crippen molar-refractivity contribution in [1.29, 1.82) is 0 Å². The molecule has 0 heterocycles. The zero-order valence-corrected chi connectivity index (χ0v) is 11.6. The Hall–Kier alpha value is -1.62. The fourth-order valence-electron chi connectivity index (χ4n) is 1.79. The molecule has 0 fully saturated rings. The molecule has 1 amide bonds. The van der Waals surface area contributed by atoms with Crippen LogP contribution in [-0.2, 0) is 4.74 Å². The smallest absolute Gasteiger partial charge is 0.257 e. The quantitative estimate of drug-likeness (QED) is 0.805. The average Bonchev–Trinajstić information content (AvgIpc) is 2.38. The van der Waals surface area contributed by atoms with Crippen LogP contribution >= 0.6 is 0 Å². The van der Waals surface area contributed by atoms with Crippen LogP contribution in [0, 0.1) is 5.82 Å². The molecule has 1 rings (SSSR count). The summed E-state index contributed by atoms with van der Waals surface area (Å²) in [6.45, 7) is 4.78. The van der Waals surface area contributed by atoms with E-state index in [9.17, 15) is 9.18 Å². The summed E-state index contributed by atoms with van der Waals surface area (Å²) >= 11 is 0. The molecular weight excluding hydrogens is 247 g/mol. The monoisotopic (exact) mass is 268 g/mol. The van der Waals surface area contributed by atoms with Crippen molar-refractivity contribution in [3.8, 4) is 0 Å². The van der Waals surface area contributed by atoms with Gasteiger partial charge in [-0.1, -0.05) is 6.92 Å². The van der Waals surface area contributed by atoms with Crippen LogP contribution in [0.4, 0.5) is 10.1 Å². The zero-order chi connectivity index (χ0) is 14.4. The molecule has 0 aliphatic rings. The summed E-state index contributed by atoms with van der Waals surface area (Å²) in [6, 6.07) is 4.15. The SMILES string of the molecule is CCC(C)N(CCOC)C(=O)c1ccc(N)cc1F. The van der Waals surface area contributed by atoms with Crippen LogP contribution in [0.5, 0.6) is 0 Å². The predicted octanol–water partition coefficient (Wildman–Crippen LogP) is 2.29. The second-order valence-corrected chi connectivity index (χ2v) is 4.49. The fourth-order valence-corrected chi connectivity index (χ4v) is 1.79. The van der Waals surface area contributed by atoms with Gasteiger partial charge < -0.3 is 15.4 Å². The third-order valence-electron chi connectivity index (χ3n) is 3.14. The van der Waals surface area contributed by atoms with Crippen molar-refractivity contribution in [3.63, 3.8) is 0 Å². The van der Waals surface area contributed by atoms with E-state index in [0.717, 1.165) is 6.42 Å². The van der Waals surface area contributed by atoms with Gasteiger partial charge in [0.15, 0.2) is 0 Å². The van der Waals surface area contributed by atoms with E-state index >= 15 is 0 Å². The van der Waals surface area contributed by atoms with Gasteiger partial charge in [-0.15, -0.1) is 0 Å². The lowest BCUT2D eigenvalue weighted by atomic mass is 10.1. The number of ether oxygens (including phenoxy) is 1. The number of anilines is 1. The Morgan fingerprint density at radius 2 is 2.21 bits per heavy atom. The summed E-state index contributed by atoms with van der Waals surface area (Å²) in [6.07, 6.45) is 0.798. The highest BCUT2D eigenvalue weighted by Crippen LogP contribution is 2.16. The highest BCUT2D eigenvalue weighted by Gasteiger charge is 2.22. The maximum atomic E-state index is 13.8. The minimum atomic E-state index is -0.587. The predicted molar refractivity (Wildman–Crippen MR) is 73.5 cm³/mol. The van der Waals surface area contributed by atoms with Crippen LogP contribution in [-0.4, -0.2) is 37.1 Å². The average molecular weight is 268 g/mol. The van der Waals surface area contributed by atoms with E-state index in [1.807, 2.05) is 13.8 Å². The number of nitrogens with two attached hydrogens (primary N) is 1. The Morgan fingerprint density at radius 3 is 2.74 bits per heavy atom. The highest BCUT2D eigenvalue weighted by molar-refractivity contribution is 5.95. The first-order valence-corrected chi connectivity index (χ1v) is 6.36. The molecule has 0 aliphatic carbocycles. The Bertz CT molecular complexity index is 437. The molecule has 0 saturated heterocycles. The van der Waals surface area contributed by atoms with Gasteiger partial charge in [-0.2, -0.15) is 0 Å². The van der Waals surface area contributed by atoms with Crippen LogP contribution in [0.3, 0.4) is 0 Å². The molecule has 1 unspecified atom stereocenters. The number of hydrogen-bond acceptors (Lipinski definition) is 3. The summed E-state index contributed by atoms with van der Waals surface area (Å²) in [5.74, 6) is -0.917. The molecule has 106 valence electrons.